The third-order valence-corrected chi connectivity index (χ3v) is 2.37. The van der Waals surface area contributed by atoms with Crippen molar-refractivity contribution in [2.75, 3.05) is 7.11 Å². The number of aryl methyl sites for hydroxylation is 1. The van der Waals surface area contributed by atoms with Crippen molar-refractivity contribution in [3.8, 4) is 16.9 Å². The summed E-state index contributed by atoms with van der Waals surface area (Å²) in [5, 5.41) is 0. The highest BCUT2D eigenvalue weighted by molar-refractivity contribution is 5.70. The molecule has 0 N–H and O–H groups in total. The Morgan fingerprint density at radius 3 is 2.69 bits per heavy atom. The zero-order valence-corrected chi connectivity index (χ0v) is 9.20. The number of hydrogen-bond acceptors (Lipinski definition) is 2. The Kier molecular flexibility index (Phi) is 2.86. The minimum absolute atomic E-state index is 0.300. The summed E-state index contributed by atoms with van der Waals surface area (Å²) in [6.45, 7) is 1.92. The van der Waals surface area contributed by atoms with Crippen LogP contribution in [0, 0.1) is 12.7 Å². The molecule has 0 unspecified atom stereocenters. The summed E-state index contributed by atoms with van der Waals surface area (Å²) < 4.78 is 18.2. The Balaban J connectivity index is 2.55. The Morgan fingerprint density at radius 1 is 1.19 bits per heavy atom. The first-order valence-electron chi connectivity index (χ1n) is 4.97. The lowest BCUT2D eigenvalue weighted by molar-refractivity contribution is 0.413. The van der Waals surface area contributed by atoms with E-state index in [-0.39, 0.29) is 5.82 Å². The van der Waals surface area contributed by atoms with Crippen molar-refractivity contribution in [2.45, 2.75) is 6.92 Å². The molecule has 0 bridgehead atoms. The molecule has 2 rings (SSSR count). The molecule has 3 heteroatoms. The summed E-state index contributed by atoms with van der Waals surface area (Å²) in [6, 6.07) is 8.33. The Bertz CT molecular complexity index is 511. The van der Waals surface area contributed by atoms with Crippen LogP contribution in [0.25, 0.3) is 11.1 Å². The molecule has 1 aromatic carbocycles. The van der Waals surface area contributed by atoms with Crippen molar-refractivity contribution in [1.29, 1.82) is 0 Å². The summed E-state index contributed by atoms with van der Waals surface area (Å²) in [5.74, 6) is 0.233. The lowest BCUT2D eigenvalue weighted by Crippen LogP contribution is -1.90. The summed E-state index contributed by atoms with van der Waals surface area (Å²) >= 11 is 0. The van der Waals surface area contributed by atoms with E-state index >= 15 is 0 Å². The second-order valence-electron chi connectivity index (χ2n) is 3.53. The van der Waals surface area contributed by atoms with Crippen LogP contribution in [0.1, 0.15) is 5.69 Å². The van der Waals surface area contributed by atoms with Gasteiger partial charge < -0.3 is 4.74 Å². The van der Waals surface area contributed by atoms with Crippen LogP contribution in [0.2, 0.25) is 0 Å². The van der Waals surface area contributed by atoms with Gasteiger partial charge in [0, 0.05) is 23.5 Å². The van der Waals surface area contributed by atoms with Crippen LogP contribution in [0.15, 0.2) is 36.5 Å². The molecule has 0 radical (unpaired) electrons. The average Bonchev–Trinajstić information content (AvgIpc) is 2.28. The van der Waals surface area contributed by atoms with Gasteiger partial charge in [-0.3, -0.25) is 4.98 Å². The van der Waals surface area contributed by atoms with Gasteiger partial charge in [0.05, 0.1) is 7.11 Å². The fraction of sp³-hybridized carbons (Fsp3) is 0.154. The molecule has 2 aromatic rings. The normalized spacial score (nSPS) is 10.2. The van der Waals surface area contributed by atoms with Crippen LogP contribution in [-0.4, -0.2) is 12.1 Å². The highest BCUT2D eigenvalue weighted by atomic mass is 19.1. The molecule has 0 saturated carbocycles. The van der Waals surface area contributed by atoms with Gasteiger partial charge in [-0.2, -0.15) is 0 Å². The van der Waals surface area contributed by atoms with Crippen molar-refractivity contribution < 1.29 is 9.13 Å². The van der Waals surface area contributed by atoms with Gasteiger partial charge in [-0.25, -0.2) is 4.39 Å². The average molecular weight is 217 g/mol. The first kappa shape index (κ1) is 10.6. The number of methoxy groups -OCH3 is 1. The van der Waals surface area contributed by atoms with Gasteiger partial charge in [-0.1, -0.05) is 0 Å². The maximum absolute atomic E-state index is 13.0. The quantitative estimate of drug-likeness (QED) is 0.770. The lowest BCUT2D eigenvalue weighted by Gasteiger charge is -2.08. The van der Waals surface area contributed by atoms with Crippen LogP contribution < -0.4 is 4.74 Å². The molecule has 0 saturated heterocycles. The molecule has 0 atom stereocenters. The number of halogens is 1. The first-order chi connectivity index (χ1) is 7.70. The second-order valence-corrected chi connectivity index (χ2v) is 3.53. The summed E-state index contributed by atoms with van der Waals surface area (Å²) in [7, 11) is 1.53. The number of aromatic nitrogens is 1. The van der Waals surface area contributed by atoms with E-state index in [2.05, 4.69) is 4.98 Å². The van der Waals surface area contributed by atoms with Crippen molar-refractivity contribution >= 4 is 0 Å². The van der Waals surface area contributed by atoms with Crippen molar-refractivity contribution in [1.82, 2.24) is 4.98 Å². The number of nitrogens with zero attached hydrogens (tertiary/aromatic N) is 1. The molecule has 0 fully saturated rings. The Labute approximate surface area is 93.7 Å². The molecule has 0 aliphatic carbocycles. The Morgan fingerprint density at radius 2 is 2.00 bits per heavy atom. The number of hydrogen-bond donors (Lipinski definition) is 0. The summed E-state index contributed by atoms with van der Waals surface area (Å²) in [4.78, 5) is 4.12. The zero-order chi connectivity index (χ0) is 11.5. The third-order valence-electron chi connectivity index (χ3n) is 2.37. The van der Waals surface area contributed by atoms with Gasteiger partial charge in [0.25, 0.3) is 0 Å². The molecule has 0 aliphatic rings. The van der Waals surface area contributed by atoms with Crippen molar-refractivity contribution in [3.63, 3.8) is 0 Å². The predicted octanol–water partition coefficient (Wildman–Crippen LogP) is 3.20. The van der Waals surface area contributed by atoms with E-state index in [0.29, 0.717) is 5.75 Å². The van der Waals surface area contributed by atoms with Gasteiger partial charge in [0.2, 0.25) is 0 Å². The van der Waals surface area contributed by atoms with Crippen molar-refractivity contribution in [2.24, 2.45) is 0 Å². The van der Waals surface area contributed by atoms with E-state index in [1.165, 1.54) is 19.2 Å². The maximum Gasteiger partial charge on any atom is 0.129 e. The number of benzene rings is 1. The van der Waals surface area contributed by atoms with Crippen LogP contribution >= 0.6 is 0 Å². The molecule has 82 valence electrons. The van der Waals surface area contributed by atoms with Crippen LogP contribution in [-0.2, 0) is 0 Å². The molecular formula is C13H12FNO. The zero-order valence-electron chi connectivity index (χ0n) is 9.20. The molecule has 16 heavy (non-hydrogen) atoms. The van der Waals surface area contributed by atoms with Gasteiger partial charge in [-0.15, -0.1) is 0 Å². The minimum Gasteiger partial charge on any atom is -0.496 e. The maximum atomic E-state index is 13.0. The largest absolute Gasteiger partial charge is 0.496 e. The number of pyridine rings is 1. The summed E-state index contributed by atoms with van der Waals surface area (Å²) in [6.07, 6.45) is 1.73. The molecule has 1 heterocycles. The highest BCUT2D eigenvalue weighted by Gasteiger charge is 2.07. The molecule has 0 aliphatic heterocycles. The monoisotopic (exact) mass is 217 g/mol. The molecule has 1 aromatic heterocycles. The predicted molar refractivity (Wildman–Crippen MR) is 60.9 cm³/mol. The van der Waals surface area contributed by atoms with E-state index in [1.54, 1.807) is 12.3 Å². The fourth-order valence-corrected chi connectivity index (χ4v) is 1.62. The van der Waals surface area contributed by atoms with E-state index in [0.717, 1.165) is 16.8 Å². The smallest absolute Gasteiger partial charge is 0.129 e. The fourth-order valence-electron chi connectivity index (χ4n) is 1.62. The van der Waals surface area contributed by atoms with E-state index < -0.39 is 0 Å². The topological polar surface area (TPSA) is 22.1 Å². The first-order valence-corrected chi connectivity index (χ1v) is 4.97. The van der Waals surface area contributed by atoms with Crippen LogP contribution in [0.4, 0.5) is 4.39 Å². The van der Waals surface area contributed by atoms with E-state index in [1.807, 2.05) is 19.1 Å². The van der Waals surface area contributed by atoms with Crippen LogP contribution in [0.5, 0.6) is 5.75 Å². The van der Waals surface area contributed by atoms with Crippen LogP contribution in [0.3, 0.4) is 0 Å². The molecule has 2 nitrogen and oxygen atoms in total. The van der Waals surface area contributed by atoms with E-state index in [9.17, 15) is 4.39 Å². The molecule has 0 amide bonds. The summed E-state index contributed by atoms with van der Waals surface area (Å²) in [5.41, 5.74) is 2.77. The van der Waals surface area contributed by atoms with Gasteiger partial charge in [-0.05, 0) is 36.8 Å². The number of rotatable bonds is 2. The minimum atomic E-state index is -0.300. The highest BCUT2D eigenvalue weighted by Crippen LogP contribution is 2.30. The second kappa shape index (κ2) is 4.31. The Hall–Kier alpha value is -1.90. The van der Waals surface area contributed by atoms with E-state index in [4.69, 9.17) is 4.74 Å². The molecular weight excluding hydrogens is 205 g/mol. The van der Waals surface area contributed by atoms with Gasteiger partial charge >= 0.3 is 0 Å². The van der Waals surface area contributed by atoms with Gasteiger partial charge in [0.15, 0.2) is 0 Å². The third kappa shape index (κ3) is 2.03. The number of ether oxygens (including phenoxy) is 1. The SMILES string of the molecule is COc1cc(F)ccc1-c1ccnc(C)c1. The van der Waals surface area contributed by atoms with Crippen molar-refractivity contribution in [3.05, 3.63) is 48.0 Å². The van der Waals surface area contributed by atoms with Gasteiger partial charge in [0.1, 0.15) is 11.6 Å². The molecule has 0 spiro atoms. The lowest BCUT2D eigenvalue weighted by atomic mass is 10.1. The standard InChI is InChI=1S/C13H12FNO/c1-9-7-10(5-6-15-9)12-4-3-11(14)8-13(12)16-2/h3-8H,1-2H3.